The normalized spacial score (nSPS) is 13.6. The number of benzene rings is 1. The highest BCUT2D eigenvalue weighted by atomic mass is 32.2. The van der Waals surface area contributed by atoms with Gasteiger partial charge in [0.25, 0.3) is 6.43 Å². The molecule has 1 unspecified atom stereocenters. The summed E-state index contributed by atoms with van der Waals surface area (Å²) in [7, 11) is -3.90. The highest BCUT2D eigenvalue weighted by Crippen LogP contribution is 2.22. The maximum Gasteiger partial charge on any atom is 0.265 e. The SMILES string of the molecule is Nc1ccc(S(N)(=O)=O)cc1NCC(O)C(F)F. The Balaban J connectivity index is 2.89. The minimum atomic E-state index is -3.90. The first-order chi connectivity index (χ1) is 8.21. The van der Waals surface area contributed by atoms with Crippen molar-refractivity contribution in [2.45, 2.75) is 17.4 Å². The van der Waals surface area contributed by atoms with Crippen LogP contribution in [-0.4, -0.2) is 32.6 Å². The quantitative estimate of drug-likeness (QED) is 0.564. The second-order valence-corrected chi connectivity index (χ2v) is 5.14. The largest absolute Gasteiger partial charge is 0.397 e. The van der Waals surface area contributed by atoms with E-state index >= 15 is 0 Å². The van der Waals surface area contributed by atoms with Crippen LogP contribution in [0.5, 0.6) is 0 Å². The Morgan fingerprint density at radius 2 is 2.00 bits per heavy atom. The number of alkyl halides is 2. The molecular weight excluding hydrogens is 268 g/mol. The highest BCUT2D eigenvalue weighted by molar-refractivity contribution is 7.89. The second kappa shape index (κ2) is 5.46. The van der Waals surface area contributed by atoms with Gasteiger partial charge in [0.1, 0.15) is 6.10 Å². The first-order valence-corrected chi connectivity index (χ1v) is 6.39. The van der Waals surface area contributed by atoms with E-state index in [0.29, 0.717) is 0 Å². The average Bonchev–Trinajstić information content (AvgIpc) is 2.25. The van der Waals surface area contributed by atoms with Crippen molar-refractivity contribution in [1.82, 2.24) is 0 Å². The van der Waals surface area contributed by atoms with Crippen LogP contribution in [0, 0.1) is 0 Å². The molecule has 0 aliphatic carbocycles. The highest BCUT2D eigenvalue weighted by Gasteiger charge is 2.17. The minimum Gasteiger partial charge on any atom is -0.397 e. The standard InChI is InChI=1S/C9H13F2N3O3S/c10-9(11)8(15)4-14-7-3-5(18(13,16)17)1-2-6(7)12/h1-3,8-9,14-15H,4,12H2,(H2,13,16,17). The maximum atomic E-state index is 12.1. The van der Waals surface area contributed by atoms with Gasteiger partial charge in [-0.2, -0.15) is 0 Å². The van der Waals surface area contributed by atoms with E-state index in [9.17, 15) is 17.2 Å². The number of hydrogen-bond acceptors (Lipinski definition) is 5. The molecule has 0 heterocycles. The molecule has 9 heteroatoms. The second-order valence-electron chi connectivity index (χ2n) is 3.58. The molecule has 1 rings (SSSR count). The number of aliphatic hydroxyl groups excluding tert-OH is 1. The van der Waals surface area contributed by atoms with Crippen LogP contribution in [0.2, 0.25) is 0 Å². The Morgan fingerprint density at radius 1 is 1.39 bits per heavy atom. The summed E-state index contributed by atoms with van der Waals surface area (Å²) in [6.45, 7) is -0.462. The van der Waals surface area contributed by atoms with Gasteiger partial charge in [-0.3, -0.25) is 0 Å². The molecule has 0 fully saturated rings. The van der Waals surface area contributed by atoms with Crippen molar-refractivity contribution < 1.29 is 22.3 Å². The van der Waals surface area contributed by atoms with Crippen LogP contribution in [0.1, 0.15) is 0 Å². The Labute approximate surface area is 103 Å². The summed E-state index contributed by atoms with van der Waals surface area (Å²) < 4.78 is 46.3. The third-order valence-corrected chi connectivity index (χ3v) is 3.06. The van der Waals surface area contributed by atoms with Gasteiger partial charge < -0.3 is 16.2 Å². The fraction of sp³-hybridized carbons (Fsp3) is 0.333. The van der Waals surface area contributed by atoms with Crippen molar-refractivity contribution >= 4 is 21.4 Å². The molecule has 0 bridgehead atoms. The summed E-state index contributed by atoms with van der Waals surface area (Å²) in [6.07, 6.45) is -4.78. The fourth-order valence-electron chi connectivity index (χ4n) is 1.17. The summed E-state index contributed by atoms with van der Waals surface area (Å²) in [6, 6.07) is 3.58. The Morgan fingerprint density at radius 3 is 2.50 bits per heavy atom. The van der Waals surface area contributed by atoms with Crippen molar-refractivity contribution in [3.8, 4) is 0 Å². The van der Waals surface area contributed by atoms with E-state index in [1.807, 2.05) is 0 Å². The van der Waals surface area contributed by atoms with Crippen LogP contribution in [0.25, 0.3) is 0 Å². The average molecular weight is 281 g/mol. The molecule has 0 amide bonds. The van der Waals surface area contributed by atoms with E-state index in [4.69, 9.17) is 16.0 Å². The van der Waals surface area contributed by atoms with E-state index in [0.717, 1.165) is 6.07 Å². The van der Waals surface area contributed by atoms with Crippen molar-refractivity contribution in [3.63, 3.8) is 0 Å². The molecule has 18 heavy (non-hydrogen) atoms. The van der Waals surface area contributed by atoms with Crippen molar-refractivity contribution in [2.75, 3.05) is 17.6 Å². The number of halogens is 2. The summed E-state index contributed by atoms with van der Waals surface area (Å²) in [4.78, 5) is -0.203. The predicted octanol–water partition coefficient (Wildman–Crippen LogP) is -0.0459. The summed E-state index contributed by atoms with van der Waals surface area (Å²) in [5.41, 5.74) is 5.80. The summed E-state index contributed by atoms with van der Waals surface area (Å²) in [5, 5.41) is 16.3. The predicted molar refractivity (Wildman–Crippen MR) is 62.7 cm³/mol. The van der Waals surface area contributed by atoms with Crippen LogP contribution >= 0.6 is 0 Å². The van der Waals surface area contributed by atoms with Gasteiger partial charge >= 0.3 is 0 Å². The lowest BCUT2D eigenvalue weighted by Crippen LogP contribution is -2.27. The van der Waals surface area contributed by atoms with Gasteiger partial charge in [0, 0.05) is 6.54 Å². The maximum absolute atomic E-state index is 12.1. The molecule has 0 aliphatic heterocycles. The zero-order valence-corrected chi connectivity index (χ0v) is 9.99. The lowest BCUT2D eigenvalue weighted by atomic mass is 10.2. The number of rotatable bonds is 5. The van der Waals surface area contributed by atoms with Crippen LogP contribution < -0.4 is 16.2 Å². The molecule has 6 nitrogen and oxygen atoms in total. The molecule has 0 aromatic heterocycles. The van der Waals surface area contributed by atoms with Crippen LogP contribution in [0.3, 0.4) is 0 Å². The van der Waals surface area contributed by atoms with Gasteiger partial charge in [-0.25, -0.2) is 22.3 Å². The minimum absolute atomic E-state index is 0.112. The number of anilines is 2. The number of aliphatic hydroxyl groups is 1. The zero-order chi connectivity index (χ0) is 13.9. The van der Waals surface area contributed by atoms with Gasteiger partial charge in [0.2, 0.25) is 10.0 Å². The molecule has 0 saturated carbocycles. The summed E-state index contributed by atoms with van der Waals surface area (Å²) >= 11 is 0. The molecule has 6 N–H and O–H groups in total. The molecule has 1 atom stereocenters. The van der Waals surface area contributed by atoms with Crippen LogP contribution in [0.4, 0.5) is 20.2 Å². The smallest absolute Gasteiger partial charge is 0.265 e. The topological polar surface area (TPSA) is 118 Å². The van der Waals surface area contributed by atoms with Crippen molar-refractivity contribution in [2.24, 2.45) is 5.14 Å². The van der Waals surface area contributed by atoms with Crippen molar-refractivity contribution in [1.29, 1.82) is 0 Å². The number of sulfonamides is 1. The van der Waals surface area contributed by atoms with Gasteiger partial charge in [0.15, 0.2) is 0 Å². The number of nitrogens with one attached hydrogen (secondary N) is 1. The first-order valence-electron chi connectivity index (χ1n) is 4.84. The van der Waals surface area contributed by atoms with E-state index in [-0.39, 0.29) is 16.3 Å². The van der Waals surface area contributed by atoms with E-state index in [2.05, 4.69) is 5.32 Å². The number of hydrogen-bond donors (Lipinski definition) is 4. The fourth-order valence-corrected chi connectivity index (χ4v) is 1.71. The Kier molecular flexibility index (Phi) is 4.43. The molecule has 0 spiro atoms. The number of primary sulfonamides is 1. The lowest BCUT2D eigenvalue weighted by molar-refractivity contribution is 0.00385. The molecule has 0 aliphatic rings. The van der Waals surface area contributed by atoms with Gasteiger partial charge in [-0.1, -0.05) is 0 Å². The molecule has 1 aromatic rings. The van der Waals surface area contributed by atoms with Crippen LogP contribution in [0.15, 0.2) is 23.1 Å². The Hall–Kier alpha value is -1.45. The third-order valence-electron chi connectivity index (χ3n) is 2.15. The van der Waals surface area contributed by atoms with Gasteiger partial charge in [-0.15, -0.1) is 0 Å². The van der Waals surface area contributed by atoms with Crippen LogP contribution in [-0.2, 0) is 10.0 Å². The van der Waals surface area contributed by atoms with E-state index in [1.165, 1.54) is 12.1 Å². The molecular formula is C9H13F2N3O3S. The first kappa shape index (κ1) is 14.6. The monoisotopic (exact) mass is 281 g/mol. The number of nitrogen functional groups attached to an aromatic ring is 1. The summed E-state index contributed by atoms with van der Waals surface area (Å²) in [5.74, 6) is 0. The molecule has 102 valence electrons. The van der Waals surface area contributed by atoms with Crippen molar-refractivity contribution in [3.05, 3.63) is 18.2 Å². The molecule has 0 radical (unpaired) electrons. The van der Waals surface area contributed by atoms with E-state index in [1.54, 1.807) is 0 Å². The van der Waals surface area contributed by atoms with E-state index < -0.39 is 29.1 Å². The number of nitrogens with two attached hydrogens (primary N) is 2. The van der Waals surface area contributed by atoms with Gasteiger partial charge in [-0.05, 0) is 18.2 Å². The Bertz CT molecular complexity index is 522. The van der Waals surface area contributed by atoms with Gasteiger partial charge in [0.05, 0.1) is 16.3 Å². The lowest BCUT2D eigenvalue weighted by Gasteiger charge is -2.14. The molecule has 0 saturated heterocycles. The zero-order valence-electron chi connectivity index (χ0n) is 9.18. The molecule has 1 aromatic carbocycles. The third kappa shape index (κ3) is 3.79.